The van der Waals surface area contributed by atoms with E-state index in [2.05, 4.69) is 15.5 Å². The standard InChI is InChI=1S/C16H29N3O2S/c20-15(18-14-4-2-1-3-5-14)17-12-16(6-11-22-13-16)19-7-9-21-10-8-19/h14H,1-13H2,(H2,17,18,20). The maximum absolute atomic E-state index is 12.2. The molecule has 0 radical (unpaired) electrons. The molecule has 2 amide bonds. The van der Waals surface area contributed by atoms with Crippen molar-refractivity contribution in [3.05, 3.63) is 0 Å². The Morgan fingerprint density at radius 3 is 2.68 bits per heavy atom. The van der Waals surface area contributed by atoms with Gasteiger partial charge in [-0.05, 0) is 25.0 Å². The largest absolute Gasteiger partial charge is 0.379 e. The van der Waals surface area contributed by atoms with Crippen molar-refractivity contribution in [3.63, 3.8) is 0 Å². The van der Waals surface area contributed by atoms with Crippen molar-refractivity contribution in [1.29, 1.82) is 0 Å². The Morgan fingerprint density at radius 2 is 2.00 bits per heavy atom. The minimum atomic E-state index is 0.0245. The van der Waals surface area contributed by atoms with Crippen molar-refractivity contribution < 1.29 is 9.53 Å². The van der Waals surface area contributed by atoms with Crippen LogP contribution < -0.4 is 10.6 Å². The lowest BCUT2D eigenvalue weighted by Crippen LogP contribution is -2.60. The molecule has 3 fully saturated rings. The van der Waals surface area contributed by atoms with Crippen molar-refractivity contribution >= 4 is 17.8 Å². The molecule has 1 saturated carbocycles. The van der Waals surface area contributed by atoms with Crippen LogP contribution in [0.1, 0.15) is 38.5 Å². The highest BCUT2D eigenvalue weighted by molar-refractivity contribution is 7.99. The number of ether oxygens (including phenoxy) is 1. The van der Waals surface area contributed by atoms with Crippen LogP contribution in [0.2, 0.25) is 0 Å². The summed E-state index contributed by atoms with van der Waals surface area (Å²) < 4.78 is 5.48. The lowest BCUT2D eigenvalue weighted by molar-refractivity contribution is -0.0124. The molecule has 22 heavy (non-hydrogen) atoms. The van der Waals surface area contributed by atoms with E-state index in [0.717, 1.165) is 51.4 Å². The van der Waals surface area contributed by atoms with Gasteiger partial charge in [-0.3, -0.25) is 4.90 Å². The summed E-state index contributed by atoms with van der Waals surface area (Å²) in [4.78, 5) is 14.8. The van der Waals surface area contributed by atoms with Gasteiger partial charge in [-0.2, -0.15) is 11.8 Å². The number of carbonyl (C=O) groups is 1. The first-order valence-corrected chi connectivity index (χ1v) is 9.89. The van der Waals surface area contributed by atoms with Gasteiger partial charge in [0.25, 0.3) is 0 Å². The maximum Gasteiger partial charge on any atom is 0.315 e. The molecular formula is C16H29N3O2S. The van der Waals surface area contributed by atoms with Crippen LogP contribution in [0.4, 0.5) is 4.79 Å². The van der Waals surface area contributed by atoms with E-state index in [1.165, 1.54) is 31.4 Å². The van der Waals surface area contributed by atoms with Gasteiger partial charge < -0.3 is 15.4 Å². The molecule has 126 valence electrons. The Hall–Kier alpha value is -0.460. The topological polar surface area (TPSA) is 53.6 Å². The lowest BCUT2D eigenvalue weighted by atomic mass is 9.95. The zero-order valence-electron chi connectivity index (χ0n) is 13.4. The van der Waals surface area contributed by atoms with Crippen LogP contribution in [0.5, 0.6) is 0 Å². The number of nitrogens with zero attached hydrogens (tertiary/aromatic N) is 1. The average Bonchev–Trinajstić information content (AvgIpc) is 3.05. The van der Waals surface area contributed by atoms with Crippen molar-refractivity contribution in [1.82, 2.24) is 15.5 Å². The smallest absolute Gasteiger partial charge is 0.315 e. The van der Waals surface area contributed by atoms with Crippen LogP contribution in [-0.4, -0.2) is 66.9 Å². The van der Waals surface area contributed by atoms with Crippen molar-refractivity contribution in [3.8, 4) is 0 Å². The van der Waals surface area contributed by atoms with E-state index in [9.17, 15) is 4.79 Å². The van der Waals surface area contributed by atoms with Crippen LogP contribution in [-0.2, 0) is 4.74 Å². The van der Waals surface area contributed by atoms with Gasteiger partial charge in [0.15, 0.2) is 0 Å². The van der Waals surface area contributed by atoms with Crippen LogP contribution in [0, 0.1) is 0 Å². The molecular weight excluding hydrogens is 298 g/mol. The minimum absolute atomic E-state index is 0.0245. The van der Waals surface area contributed by atoms with Crippen LogP contribution in [0.3, 0.4) is 0 Å². The quantitative estimate of drug-likeness (QED) is 0.827. The third kappa shape index (κ3) is 4.09. The molecule has 0 aromatic heterocycles. The molecule has 1 unspecified atom stereocenters. The number of urea groups is 1. The normalized spacial score (nSPS) is 31.1. The number of morpholine rings is 1. The number of thioether (sulfide) groups is 1. The number of rotatable bonds is 4. The van der Waals surface area contributed by atoms with E-state index >= 15 is 0 Å². The molecule has 5 nitrogen and oxygen atoms in total. The highest BCUT2D eigenvalue weighted by Crippen LogP contribution is 2.33. The Kier molecular flexibility index (Phi) is 5.88. The van der Waals surface area contributed by atoms with Crippen molar-refractivity contribution in [2.45, 2.75) is 50.1 Å². The first kappa shape index (κ1) is 16.4. The molecule has 1 atom stereocenters. The summed E-state index contributed by atoms with van der Waals surface area (Å²) in [5.41, 5.74) is 0.137. The second-order valence-corrected chi connectivity index (χ2v) is 7.89. The molecule has 2 aliphatic heterocycles. The average molecular weight is 327 g/mol. The fourth-order valence-electron chi connectivity index (χ4n) is 3.86. The van der Waals surface area contributed by atoms with Gasteiger partial charge in [0, 0.05) is 37.0 Å². The molecule has 6 heteroatoms. The molecule has 0 aromatic carbocycles. The number of carbonyl (C=O) groups excluding carboxylic acids is 1. The van der Waals surface area contributed by atoms with E-state index < -0.39 is 0 Å². The number of hydrogen-bond donors (Lipinski definition) is 2. The fourth-order valence-corrected chi connectivity index (χ4v) is 5.34. The highest BCUT2D eigenvalue weighted by Gasteiger charge is 2.40. The van der Waals surface area contributed by atoms with Crippen LogP contribution >= 0.6 is 11.8 Å². The third-order valence-corrected chi connectivity index (χ3v) is 6.52. The Bertz CT molecular complexity index is 362. The van der Waals surface area contributed by atoms with Gasteiger partial charge >= 0.3 is 6.03 Å². The molecule has 2 saturated heterocycles. The highest BCUT2D eigenvalue weighted by atomic mass is 32.2. The first-order valence-electron chi connectivity index (χ1n) is 8.73. The summed E-state index contributed by atoms with van der Waals surface area (Å²) in [5, 5.41) is 6.33. The lowest BCUT2D eigenvalue weighted by Gasteiger charge is -2.43. The molecule has 1 aliphatic carbocycles. The molecule has 3 rings (SSSR count). The van der Waals surface area contributed by atoms with Gasteiger partial charge in [0.1, 0.15) is 0 Å². The number of amides is 2. The summed E-state index contributed by atoms with van der Waals surface area (Å²) in [6.45, 7) is 4.39. The van der Waals surface area contributed by atoms with Crippen molar-refractivity contribution in [2.24, 2.45) is 0 Å². The fraction of sp³-hybridized carbons (Fsp3) is 0.938. The molecule has 0 spiro atoms. The van der Waals surface area contributed by atoms with E-state index in [4.69, 9.17) is 4.74 Å². The van der Waals surface area contributed by atoms with Crippen LogP contribution in [0.15, 0.2) is 0 Å². The third-order valence-electron chi connectivity index (χ3n) is 5.28. The van der Waals surface area contributed by atoms with Crippen molar-refractivity contribution in [2.75, 3.05) is 44.4 Å². The van der Waals surface area contributed by atoms with E-state index in [1.54, 1.807) is 0 Å². The van der Waals surface area contributed by atoms with Gasteiger partial charge in [-0.1, -0.05) is 19.3 Å². The Morgan fingerprint density at radius 1 is 1.23 bits per heavy atom. The monoisotopic (exact) mass is 327 g/mol. The van der Waals surface area contributed by atoms with E-state index in [-0.39, 0.29) is 11.6 Å². The van der Waals surface area contributed by atoms with Crippen LogP contribution in [0.25, 0.3) is 0 Å². The molecule has 0 aromatic rings. The van der Waals surface area contributed by atoms with Gasteiger partial charge in [-0.25, -0.2) is 4.79 Å². The minimum Gasteiger partial charge on any atom is -0.379 e. The SMILES string of the molecule is O=C(NCC1(N2CCOCC2)CCSC1)NC1CCCCC1. The van der Waals surface area contributed by atoms with E-state index in [0.29, 0.717) is 6.04 Å². The Labute approximate surface area is 137 Å². The number of nitrogens with one attached hydrogen (secondary N) is 2. The molecule has 2 heterocycles. The zero-order chi connectivity index (χ0) is 15.3. The second-order valence-electron chi connectivity index (χ2n) is 6.79. The molecule has 0 bridgehead atoms. The predicted octanol–water partition coefficient (Wildman–Crippen LogP) is 1.83. The summed E-state index contributed by atoms with van der Waals surface area (Å²) in [6.07, 6.45) is 7.26. The summed E-state index contributed by atoms with van der Waals surface area (Å²) >= 11 is 2.01. The number of hydrogen-bond acceptors (Lipinski definition) is 4. The molecule has 2 N–H and O–H groups in total. The van der Waals surface area contributed by atoms with Gasteiger partial charge in [0.05, 0.1) is 13.2 Å². The van der Waals surface area contributed by atoms with E-state index in [1.807, 2.05) is 11.8 Å². The zero-order valence-corrected chi connectivity index (χ0v) is 14.3. The van der Waals surface area contributed by atoms with Gasteiger partial charge in [0.2, 0.25) is 0 Å². The molecule has 3 aliphatic rings. The summed E-state index contributed by atoms with van der Waals surface area (Å²) in [6, 6.07) is 0.405. The second kappa shape index (κ2) is 7.88. The summed E-state index contributed by atoms with van der Waals surface area (Å²) in [5.74, 6) is 2.32. The summed E-state index contributed by atoms with van der Waals surface area (Å²) in [7, 11) is 0. The Balaban J connectivity index is 1.49. The van der Waals surface area contributed by atoms with Gasteiger partial charge in [-0.15, -0.1) is 0 Å². The predicted molar refractivity (Wildman–Crippen MR) is 90.5 cm³/mol. The maximum atomic E-state index is 12.2. The first-order chi connectivity index (χ1) is 10.8.